The molecule has 2 atom stereocenters. The van der Waals surface area contributed by atoms with Gasteiger partial charge in [0.15, 0.2) is 0 Å². The van der Waals surface area contributed by atoms with Gasteiger partial charge in [-0.3, -0.25) is 0 Å². The molecule has 3 N–H and O–H groups in total. The Bertz CT molecular complexity index is 402. The Balaban J connectivity index is 2.27. The third-order valence-electron chi connectivity index (χ3n) is 3.89. The smallest absolute Gasteiger partial charge is 0.128 e. The first kappa shape index (κ1) is 14.3. The maximum Gasteiger partial charge on any atom is 0.128 e. The van der Waals surface area contributed by atoms with Gasteiger partial charge in [-0.25, -0.2) is 4.98 Å². The van der Waals surface area contributed by atoms with Gasteiger partial charge in [0, 0.05) is 18.4 Å². The van der Waals surface area contributed by atoms with Gasteiger partial charge in [0.25, 0.3) is 0 Å². The van der Waals surface area contributed by atoms with Crippen LogP contribution in [0.15, 0.2) is 18.3 Å². The average molecular weight is 263 g/mol. The zero-order chi connectivity index (χ0) is 13.7. The molecule has 1 aliphatic heterocycles. The van der Waals surface area contributed by atoms with Crippen LogP contribution >= 0.6 is 0 Å². The second-order valence-electron chi connectivity index (χ2n) is 5.48. The van der Waals surface area contributed by atoms with Crippen LogP contribution in [0.25, 0.3) is 0 Å². The monoisotopic (exact) mass is 263 g/mol. The summed E-state index contributed by atoms with van der Waals surface area (Å²) in [4.78, 5) is 4.22. The highest BCUT2D eigenvalue weighted by Gasteiger charge is 2.38. The molecule has 0 amide bonds. The van der Waals surface area contributed by atoms with Crippen molar-refractivity contribution in [3.05, 3.63) is 23.9 Å². The molecule has 0 saturated carbocycles. The third kappa shape index (κ3) is 3.25. The number of ether oxygens (including phenoxy) is 1. The summed E-state index contributed by atoms with van der Waals surface area (Å²) in [5, 5.41) is 3.59. The maximum atomic E-state index is 6.09. The first-order chi connectivity index (χ1) is 9.17. The lowest BCUT2D eigenvalue weighted by Gasteiger charge is -2.41. The number of hydrogen-bond donors (Lipinski definition) is 2. The highest BCUT2D eigenvalue weighted by molar-refractivity contribution is 5.42. The zero-order valence-corrected chi connectivity index (χ0v) is 12.0. The van der Waals surface area contributed by atoms with Crippen LogP contribution in [0.5, 0.6) is 0 Å². The van der Waals surface area contributed by atoms with Crippen LogP contribution in [0.3, 0.4) is 0 Å². The maximum absolute atomic E-state index is 6.09. The molecular formula is C15H25N3O. The second-order valence-corrected chi connectivity index (χ2v) is 5.48. The predicted octanol–water partition coefficient (Wildman–Crippen LogP) is 2.66. The Hall–Kier alpha value is -1.13. The Morgan fingerprint density at radius 2 is 2.37 bits per heavy atom. The van der Waals surface area contributed by atoms with E-state index in [2.05, 4.69) is 30.2 Å². The van der Waals surface area contributed by atoms with E-state index in [1.807, 2.05) is 6.07 Å². The average Bonchev–Trinajstić information content (AvgIpc) is 2.42. The van der Waals surface area contributed by atoms with Gasteiger partial charge in [0.05, 0.1) is 11.6 Å². The molecule has 0 spiro atoms. The Labute approximate surface area is 115 Å². The van der Waals surface area contributed by atoms with Crippen molar-refractivity contribution in [3.63, 3.8) is 0 Å². The van der Waals surface area contributed by atoms with Crippen LogP contribution in [-0.2, 0) is 4.74 Å². The minimum absolute atomic E-state index is 0.112. The molecule has 4 nitrogen and oxygen atoms in total. The number of rotatable bonds is 5. The largest absolute Gasteiger partial charge is 0.383 e. The van der Waals surface area contributed by atoms with Gasteiger partial charge in [-0.1, -0.05) is 13.0 Å². The fourth-order valence-corrected chi connectivity index (χ4v) is 2.80. The molecule has 2 heterocycles. The summed E-state index contributed by atoms with van der Waals surface area (Å²) in [5.74, 6) is 0.603. The van der Waals surface area contributed by atoms with Crippen LogP contribution in [0.2, 0.25) is 0 Å². The molecular weight excluding hydrogens is 238 g/mol. The first-order valence-corrected chi connectivity index (χ1v) is 7.25. The fraction of sp³-hybridized carbons (Fsp3) is 0.667. The van der Waals surface area contributed by atoms with E-state index in [-0.39, 0.29) is 11.6 Å². The molecule has 0 aromatic carbocycles. The van der Waals surface area contributed by atoms with Crippen LogP contribution in [-0.4, -0.2) is 23.7 Å². The second kappa shape index (κ2) is 6.35. The standard InChI is InChI=1S/C15H25N3O/c1-3-9-17-13(12-7-6-10-18-14(12)16)15(2)8-4-5-11-19-15/h6-7,10,13,17H,3-5,8-9,11H2,1-2H3,(H2,16,18). The molecule has 1 aromatic heterocycles. The van der Waals surface area contributed by atoms with Crippen molar-refractivity contribution >= 4 is 5.82 Å². The van der Waals surface area contributed by atoms with Crippen molar-refractivity contribution in [2.24, 2.45) is 0 Å². The quantitative estimate of drug-likeness (QED) is 0.857. The summed E-state index contributed by atoms with van der Waals surface area (Å²) in [6.45, 7) is 6.14. The summed E-state index contributed by atoms with van der Waals surface area (Å²) in [6.07, 6.45) is 6.24. The van der Waals surface area contributed by atoms with Crippen molar-refractivity contribution in [1.82, 2.24) is 10.3 Å². The van der Waals surface area contributed by atoms with Gasteiger partial charge in [0.2, 0.25) is 0 Å². The van der Waals surface area contributed by atoms with E-state index in [9.17, 15) is 0 Å². The molecule has 1 aromatic rings. The van der Waals surface area contributed by atoms with Crippen molar-refractivity contribution < 1.29 is 4.74 Å². The van der Waals surface area contributed by atoms with Gasteiger partial charge in [0.1, 0.15) is 5.82 Å². The van der Waals surface area contributed by atoms with E-state index >= 15 is 0 Å². The normalized spacial score (nSPS) is 25.2. The number of hydrogen-bond acceptors (Lipinski definition) is 4. The van der Waals surface area contributed by atoms with E-state index in [1.54, 1.807) is 6.20 Å². The lowest BCUT2D eigenvalue weighted by atomic mass is 9.84. The summed E-state index contributed by atoms with van der Waals surface area (Å²) in [6, 6.07) is 4.11. The summed E-state index contributed by atoms with van der Waals surface area (Å²) in [7, 11) is 0. The Morgan fingerprint density at radius 3 is 3.00 bits per heavy atom. The molecule has 2 rings (SSSR count). The molecule has 0 bridgehead atoms. The first-order valence-electron chi connectivity index (χ1n) is 7.25. The molecule has 1 aliphatic rings. The predicted molar refractivity (Wildman–Crippen MR) is 77.9 cm³/mol. The third-order valence-corrected chi connectivity index (χ3v) is 3.89. The van der Waals surface area contributed by atoms with Gasteiger partial charge in [-0.2, -0.15) is 0 Å². The number of nitrogens with zero attached hydrogens (tertiary/aromatic N) is 1. The van der Waals surface area contributed by atoms with E-state index in [0.29, 0.717) is 5.82 Å². The van der Waals surface area contributed by atoms with Crippen molar-refractivity contribution in [1.29, 1.82) is 0 Å². The molecule has 2 unspecified atom stereocenters. The highest BCUT2D eigenvalue weighted by Crippen LogP contribution is 2.37. The van der Waals surface area contributed by atoms with Gasteiger partial charge in [-0.15, -0.1) is 0 Å². The molecule has 1 saturated heterocycles. The van der Waals surface area contributed by atoms with E-state index < -0.39 is 0 Å². The number of pyridine rings is 1. The Morgan fingerprint density at radius 1 is 1.53 bits per heavy atom. The number of nitrogens with two attached hydrogens (primary N) is 1. The number of nitrogens with one attached hydrogen (secondary N) is 1. The molecule has 19 heavy (non-hydrogen) atoms. The van der Waals surface area contributed by atoms with E-state index in [4.69, 9.17) is 10.5 Å². The molecule has 4 heteroatoms. The zero-order valence-electron chi connectivity index (χ0n) is 12.0. The van der Waals surface area contributed by atoms with Crippen LogP contribution in [0.1, 0.15) is 51.1 Å². The topological polar surface area (TPSA) is 60.2 Å². The Kier molecular flexibility index (Phi) is 4.77. The number of aromatic nitrogens is 1. The van der Waals surface area contributed by atoms with Crippen molar-refractivity contribution in [2.45, 2.75) is 51.2 Å². The van der Waals surface area contributed by atoms with Crippen LogP contribution in [0, 0.1) is 0 Å². The molecule has 0 aliphatic carbocycles. The van der Waals surface area contributed by atoms with Crippen molar-refractivity contribution in [3.8, 4) is 0 Å². The van der Waals surface area contributed by atoms with E-state index in [1.165, 1.54) is 6.42 Å². The lowest BCUT2D eigenvalue weighted by molar-refractivity contribution is -0.0896. The number of anilines is 1. The molecule has 0 radical (unpaired) electrons. The lowest BCUT2D eigenvalue weighted by Crippen LogP contribution is -2.46. The van der Waals surface area contributed by atoms with Crippen LogP contribution in [0.4, 0.5) is 5.82 Å². The summed E-state index contributed by atoms with van der Waals surface area (Å²) < 4.78 is 6.09. The molecule has 1 fully saturated rings. The van der Waals surface area contributed by atoms with Crippen LogP contribution < -0.4 is 11.1 Å². The SMILES string of the molecule is CCCNC(c1cccnc1N)C1(C)CCCCO1. The summed E-state index contributed by atoms with van der Waals surface area (Å²) >= 11 is 0. The summed E-state index contributed by atoms with van der Waals surface area (Å²) in [5.41, 5.74) is 6.92. The van der Waals surface area contributed by atoms with E-state index in [0.717, 1.165) is 38.0 Å². The number of nitrogen functional groups attached to an aromatic ring is 1. The van der Waals surface area contributed by atoms with Gasteiger partial charge in [-0.05, 0) is 45.2 Å². The minimum atomic E-state index is -0.190. The highest BCUT2D eigenvalue weighted by atomic mass is 16.5. The van der Waals surface area contributed by atoms with Gasteiger partial charge < -0.3 is 15.8 Å². The fourth-order valence-electron chi connectivity index (χ4n) is 2.80. The van der Waals surface area contributed by atoms with Gasteiger partial charge >= 0.3 is 0 Å². The molecule has 106 valence electrons. The minimum Gasteiger partial charge on any atom is -0.383 e. The van der Waals surface area contributed by atoms with Crippen molar-refractivity contribution in [2.75, 3.05) is 18.9 Å².